The van der Waals surface area contributed by atoms with Crippen LogP contribution in [0, 0.1) is 0 Å². The van der Waals surface area contributed by atoms with E-state index in [2.05, 4.69) is 79.1 Å². The van der Waals surface area contributed by atoms with E-state index in [1.165, 1.54) is 22.2 Å². The lowest BCUT2D eigenvalue weighted by Crippen LogP contribution is -2.41. The van der Waals surface area contributed by atoms with Gasteiger partial charge in [-0.3, -0.25) is 0 Å². The number of hydrogen-bond acceptors (Lipinski definition) is 6. The van der Waals surface area contributed by atoms with Crippen molar-refractivity contribution < 1.29 is 9.31 Å². The third-order valence-electron chi connectivity index (χ3n) is 5.35. The molecule has 0 atom stereocenters. The SMILES string of the molecule is CSc1ccccc1-c1ccc(B2OC(C)(C)C(C)(C)O2)c2nsnc12. The summed E-state index contributed by atoms with van der Waals surface area (Å²) in [5, 5.41) is 0. The Kier molecular flexibility index (Phi) is 4.38. The Bertz CT molecular complexity index is 955. The van der Waals surface area contributed by atoms with Crippen LogP contribution in [0.2, 0.25) is 0 Å². The molecule has 3 aromatic rings. The van der Waals surface area contributed by atoms with E-state index in [9.17, 15) is 0 Å². The maximum absolute atomic E-state index is 6.23. The summed E-state index contributed by atoms with van der Waals surface area (Å²) in [5.74, 6) is 0. The Labute approximate surface area is 162 Å². The van der Waals surface area contributed by atoms with E-state index in [1.807, 2.05) is 0 Å². The first kappa shape index (κ1) is 18.0. The lowest BCUT2D eigenvalue weighted by Gasteiger charge is -2.32. The fourth-order valence-corrected chi connectivity index (χ4v) is 4.32. The van der Waals surface area contributed by atoms with Crippen molar-refractivity contribution in [2.45, 2.75) is 43.8 Å². The molecule has 0 aliphatic carbocycles. The van der Waals surface area contributed by atoms with Gasteiger partial charge in [-0.1, -0.05) is 30.3 Å². The number of rotatable bonds is 3. The van der Waals surface area contributed by atoms with Crippen molar-refractivity contribution in [1.29, 1.82) is 0 Å². The highest BCUT2D eigenvalue weighted by Crippen LogP contribution is 2.38. The van der Waals surface area contributed by atoms with E-state index in [4.69, 9.17) is 9.31 Å². The van der Waals surface area contributed by atoms with Crippen LogP contribution in [0.1, 0.15) is 27.7 Å². The molecule has 0 amide bonds. The molecule has 0 saturated carbocycles. The highest BCUT2D eigenvalue weighted by atomic mass is 32.2. The molecule has 4 rings (SSSR count). The Hall–Kier alpha value is -1.41. The lowest BCUT2D eigenvalue weighted by atomic mass is 9.77. The number of thioether (sulfide) groups is 1. The van der Waals surface area contributed by atoms with Crippen LogP contribution in [0.15, 0.2) is 41.3 Å². The van der Waals surface area contributed by atoms with Crippen molar-refractivity contribution in [2.24, 2.45) is 0 Å². The highest BCUT2D eigenvalue weighted by molar-refractivity contribution is 7.98. The first-order chi connectivity index (χ1) is 12.3. The standard InChI is InChI=1S/C19H21BN2O2S2/c1-18(2)19(3,4)24-20(23-18)14-11-10-13(16-17(14)22-26-21-16)12-8-6-7-9-15(12)25-5/h6-11H,1-5H3. The van der Waals surface area contributed by atoms with Gasteiger partial charge in [0.25, 0.3) is 0 Å². The van der Waals surface area contributed by atoms with E-state index < -0.39 is 7.12 Å². The second-order valence-electron chi connectivity index (χ2n) is 7.45. The zero-order valence-electron chi connectivity index (χ0n) is 15.6. The molecule has 1 saturated heterocycles. The lowest BCUT2D eigenvalue weighted by molar-refractivity contribution is 0.00578. The van der Waals surface area contributed by atoms with E-state index in [1.54, 1.807) is 11.8 Å². The second kappa shape index (κ2) is 6.34. The molecule has 1 aromatic heterocycles. The Morgan fingerprint density at radius 2 is 1.54 bits per heavy atom. The molecule has 0 N–H and O–H groups in total. The van der Waals surface area contributed by atoms with Gasteiger partial charge in [-0.15, -0.1) is 11.8 Å². The topological polar surface area (TPSA) is 44.2 Å². The van der Waals surface area contributed by atoms with Crippen molar-refractivity contribution in [3.8, 4) is 11.1 Å². The van der Waals surface area contributed by atoms with Gasteiger partial charge < -0.3 is 9.31 Å². The summed E-state index contributed by atoms with van der Waals surface area (Å²) in [4.78, 5) is 1.23. The molecule has 4 nitrogen and oxygen atoms in total. The number of fused-ring (bicyclic) bond motifs is 1. The van der Waals surface area contributed by atoms with Gasteiger partial charge in [-0.05, 0) is 45.6 Å². The van der Waals surface area contributed by atoms with Crippen LogP contribution in [0.25, 0.3) is 22.2 Å². The van der Waals surface area contributed by atoms with Crippen molar-refractivity contribution in [3.63, 3.8) is 0 Å². The van der Waals surface area contributed by atoms with Gasteiger partial charge in [-0.2, -0.15) is 8.75 Å². The number of aromatic nitrogens is 2. The third kappa shape index (κ3) is 2.78. The minimum Gasteiger partial charge on any atom is -0.399 e. The van der Waals surface area contributed by atoms with Gasteiger partial charge in [0.1, 0.15) is 11.0 Å². The third-order valence-corrected chi connectivity index (χ3v) is 6.68. The predicted molar refractivity (Wildman–Crippen MR) is 110 cm³/mol. The number of nitrogens with zero attached hydrogens (tertiary/aromatic N) is 2. The van der Waals surface area contributed by atoms with E-state index in [0.29, 0.717) is 0 Å². The summed E-state index contributed by atoms with van der Waals surface area (Å²) < 4.78 is 21.6. The van der Waals surface area contributed by atoms with Crippen LogP contribution in [0.4, 0.5) is 0 Å². The van der Waals surface area contributed by atoms with Gasteiger partial charge >= 0.3 is 7.12 Å². The van der Waals surface area contributed by atoms with Crippen LogP contribution >= 0.6 is 23.5 Å². The van der Waals surface area contributed by atoms with Gasteiger partial charge in [0.2, 0.25) is 0 Å². The first-order valence-electron chi connectivity index (χ1n) is 8.58. The molecule has 26 heavy (non-hydrogen) atoms. The molecule has 1 aliphatic rings. The van der Waals surface area contributed by atoms with E-state index >= 15 is 0 Å². The van der Waals surface area contributed by atoms with Crippen molar-refractivity contribution in [3.05, 3.63) is 36.4 Å². The average Bonchev–Trinajstić information content (AvgIpc) is 3.16. The maximum atomic E-state index is 6.23. The summed E-state index contributed by atoms with van der Waals surface area (Å²) in [6, 6.07) is 12.6. The van der Waals surface area contributed by atoms with E-state index in [0.717, 1.165) is 22.1 Å². The van der Waals surface area contributed by atoms with Crippen molar-refractivity contribution >= 4 is 47.1 Å². The summed E-state index contributed by atoms with van der Waals surface area (Å²) in [6.07, 6.45) is 2.09. The number of benzene rings is 2. The Balaban J connectivity index is 1.83. The van der Waals surface area contributed by atoms with Crippen LogP contribution in [0.5, 0.6) is 0 Å². The molecule has 7 heteroatoms. The monoisotopic (exact) mass is 384 g/mol. The van der Waals surface area contributed by atoms with Crippen LogP contribution in [0.3, 0.4) is 0 Å². The minimum atomic E-state index is -0.434. The molecule has 0 spiro atoms. The molecule has 0 unspecified atom stereocenters. The molecule has 0 bridgehead atoms. The molecule has 2 aromatic carbocycles. The molecular weight excluding hydrogens is 363 g/mol. The number of hydrogen-bond donors (Lipinski definition) is 0. The largest absolute Gasteiger partial charge is 0.497 e. The fraction of sp³-hybridized carbons (Fsp3) is 0.368. The molecule has 1 aliphatic heterocycles. The normalized spacial score (nSPS) is 18.6. The van der Waals surface area contributed by atoms with Gasteiger partial charge in [0, 0.05) is 15.9 Å². The first-order valence-corrected chi connectivity index (χ1v) is 10.5. The van der Waals surface area contributed by atoms with Gasteiger partial charge in [0.15, 0.2) is 0 Å². The van der Waals surface area contributed by atoms with Crippen LogP contribution in [-0.4, -0.2) is 33.3 Å². The molecule has 2 heterocycles. The fourth-order valence-electron chi connectivity index (χ4n) is 3.13. The smallest absolute Gasteiger partial charge is 0.399 e. The molecule has 1 fully saturated rings. The second-order valence-corrected chi connectivity index (χ2v) is 8.83. The highest BCUT2D eigenvalue weighted by Gasteiger charge is 2.52. The van der Waals surface area contributed by atoms with Crippen molar-refractivity contribution in [1.82, 2.24) is 8.75 Å². The van der Waals surface area contributed by atoms with E-state index in [-0.39, 0.29) is 11.2 Å². The van der Waals surface area contributed by atoms with Gasteiger partial charge in [-0.25, -0.2) is 0 Å². The van der Waals surface area contributed by atoms with Crippen molar-refractivity contribution in [2.75, 3.05) is 6.26 Å². The quantitative estimate of drug-likeness (QED) is 0.495. The molecule has 134 valence electrons. The van der Waals surface area contributed by atoms with Crippen LogP contribution in [-0.2, 0) is 9.31 Å². The predicted octanol–water partition coefficient (Wildman–Crippen LogP) is 4.38. The minimum absolute atomic E-state index is 0.377. The zero-order chi connectivity index (χ0) is 18.5. The Morgan fingerprint density at radius 3 is 2.23 bits per heavy atom. The molecule has 0 radical (unpaired) electrons. The maximum Gasteiger partial charge on any atom is 0.497 e. The summed E-state index contributed by atoms with van der Waals surface area (Å²) in [5.41, 5.74) is 4.23. The summed E-state index contributed by atoms with van der Waals surface area (Å²) in [6.45, 7) is 8.25. The zero-order valence-corrected chi connectivity index (χ0v) is 17.2. The molecular formula is C19H21BN2O2S2. The summed E-state index contributed by atoms with van der Waals surface area (Å²) in [7, 11) is -0.434. The average molecular weight is 384 g/mol. The Morgan fingerprint density at radius 1 is 0.885 bits per heavy atom. The van der Waals surface area contributed by atoms with Crippen LogP contribution < -0.4 is 5.46 Å². The summed E-state index contributed by atoms with van der Waals surface area (Å²) >= 11 is 2.97. The van der Waals surface area contributed by atoms with Gasteiger partial charge in [0.05, 0.1) is 22.9 Å².